The van der Waals surface area contributed by atoms with Crippen molar-refractivity contribution in [2.24, 2.45) is 22.7 Å². The molecule has 6 aliphatic rings. The van der Waals surface area contributed by atoms with Crippen LogP contribution in [0.3, 0.4) is 0 Å². The highest BCUT2D eigenvalue weighted by atomic mass is 16.7. The van der Waals surface area contributed by atoms with E-state index in [0.717, 1.165) is 0 Å². The summed E-state index contributed by atoms with van der Waals surface area (Å²) in [6, 6.07) is 0. The van der Waals surface area contributed by atoms with E-state index in [2.05, 4.69) is 0 Å². The van der Waals surface area contributed by atoms with Gasteiger partial charge in [-0.2, -0.15) is 0 Å². The topological polar surface area (TPSA) is 129 Å². The summed E-state index contributed by atoms with van der Waals surface area (Å²) in [7, 11) is 0. The van der Waals surface area contributed by atoms with Crippen molar-refractivity contribution < 1.29 is 43.2 Å². The molecule has 0 bridgehead atoms. The summed E-state index contributed by atoms with van der Waals surface area (Å²) >= 11 is 0. The SMILES string of the molecule is C[C@@H]1O[C@H]2OC(=O)[C@@]3(C)C[C@H]4[C@@](C)(C(=O)C=C5C(=CC(=O)OC5(C)C)[C@]45CO5)[C@@H](C1=O)[C@@]23O. The van der Waals surface area contributed by atoms with E-state index in [0.29, 0.717) is 11.1 Å². The van der Waals surface area contributed by atoms with E-state index in [1.165, 1.54) is 19.1 Å². The Balaban J connectivity index is 1.65. The first kappa shape index (κ1) is 21.2. The van der Waals surface area contributed by atoms with E-state index in [1.54, 1.807) is 27.7 Å². The molecule has 1 N–H and O–H groups in total. The van der Waals surface area contributed by atoms with Gasteiger partial charge >= 0.3 is 11.9 Å². The average Bonchev–Trinajstić information content (AvgIpc) is 3.48. The van der Waals surface area contributed by atoms with Gasteiger partial charge in [0.1, 0.15) is 22.7 Å². The van der Waals surface area contributed by atoms with Gasteiger partial charge in [0.05, 0.1) is 12.5 Å². The molecular weight excluding hydrogens is 432 g/mol. The van der Waals surface area contributed by atoms with Gasteiger partial charge in [-0.05, 0) is 40.2 Å². The molecule has 0 amide bonds. The van der Waals surface area contributed by atoms with E-state index in [9.17, 15) is 24.3 Å². The zero-order valence-electron chi connectivity index (χ0n) is 19.1. The number of hydrogen-bond donors (Lipinski definition) is 1. The fraction of sp³-hybridized carbons (Fsp3) is 0.667. The molecule has 4 aliphatic heterocycles. The third kappa shape index (κ3) is 2.11. The Kier molecular flexibility index (Phi) is 3.62. The number of Topliss-reactive ketones (excluding diaryl/α,β-unsaturated/α-hetero) is 1. The maximum atomic E-state index is 14.0. The average molecular weight is 458 g/mol. The monoisotopic (exact) mass is 458 g/mol. The number of cyclic esters (lactones) is 1. The van der Waals surface area contributed by atoms with Crippen molar-refractivity contribution in [3.05, 3.63) is 23.3 Å². The molecular formula is C24H26O9. The lowest BCUT2D eigenvalue weighted by Gasteiger charge is -2.59. The zero-order chi connectivity index (χ0) is 23.9. The van der Waals surface area contributed by atoms with Crippen LogP contribution in [0.15, 0.2) is 23.3 Å². The highest BCUT2D eigenvalue weighted by Crippen LogP contribution is 2.71. The quantitative estimate of drug-likeness (QED) is 0.413. The lowest BCUT2D eigenvalue weighted by atomic mass is 9.43. The molecule has 3 saturated heterocycles. The number of epoxide rings is 1. The third-order valence-electron chi connectivity index (χ3n) is 9.13. The Hall–Kier alpha value is -2.36. The lowest BCUT2D eigenvalue weighted by Crippen LogP contribution is -2.74. The van der Waals surface area contributed by atoms with Crippen LogP contribution in [0.4, 0.5) is 0 Å². The molecule has 2 aliphatic carbocycles. The molecule has 0 aromatic carbocycles. The van der Waals surface area contributed by atoms with E-state index in [4.69, 9.17) is 18.9 Å². The predicted octanol–water partition coefficient (Wildman–Crippen LogP) is 0.777. The van der Waals surface area contributed by atoms with Crippen molar-refractivity contribution in [3.63, 3.8) is 0 Å². The van der Waals surface area contributed by atoms with Crippen LogP contribution in [0.25, 0.3) is 0 Å². The zero-order valence-corrected chi connectivity index (χ0v) is 19.1. The predicted molar refractivity (Wildman–Crippen MR) is 108 cm³/mol. The van der Waals surface area contributed by atoms with Gasteiger partial charge in [-0.15, -0.1) is 0 Å². The van der Waals surface area contributed by atoms with Crippen LogP contribution in [0.1, 0.15) is 41.0 Å². The molecule has 8 atom stereocenters. The van der Waals surface area contributed by atoms with Crippen molar-refractivity contribution >= 4 is 23.5 Å². The molecule has 33 heavy (non-hydrogen) atoms. The van der Waals surface area contributed by atoms with E-state index in [1.807, 2.05) is 0 Å². The maximum absolute atomic E-state index is 14.0. The molecule has 0 radical (unpaired) electrons. The first-order valence-corrected chi connectivity index (χ1v) is 11.2. The second-order valence-corrected chi connectivity index (χ2v) is 11.1. The molecule has 0 aromatic rings. The van der Waals surface area contributed by atoms with E-state index < -0.39 is 69.6 Å². The van der Waals surface area contributed by atoms with Crippen LogP contribution in [0.5, 0.6) is 0 Å². The number of carbonyl (C=O) groups is 4. The van der Waals surface area contributed by atoms with Crippen LogP contribution in [0, 0.1) is 22.7 Å². The highest BCUT2D eigenvalue weighted by Gasteiger charge is 2.83. The minimum absolute atomic E-state index is 0.0243. The Morgan fingerprint density at radius 2 is 1.70 bits per heavy atom. The molecule has 176 valence electrons. The molecule has 9 heteroatoms. The molecule has 0 aromatic heterocycles. The summed E-state index contributed by atoms with van der Waals surface area (Å²) in [5.74, 6) is -4.00. The number of hydrogen-bond acceptors (Lipinski definition) is 9. The van der Waals surface area contributed by atoms with Crippen molar-refractivity contribution in [2.75, 3.05) is 6.61 Å². The van der Waals surface area contributed by atoms with Crippen molar-refractivity contribution in [1.82, 2.24) is 0 Å². The first-order valence-electron chi connectivity index (χ1n) is 11.2. The van der Waals surface area contributed by atoms with Gasteiger partial charge in [-0.25, -0.2) is 4.79 Å². The Morgan fingerprint density at radius 1 is 1.03 bits per heavy atom. The fourth-order valence-corrected chi connectivity index (χ4v) is 7.18. The van der Waals surface area contributed by atoms with E-state index in [-0.39, 0.29) is 18.8 Å². The number of rotatable bonds is 0. The van der Waals surface area contributed by atoms with Crippen LogP contribution in [-0.4, -0.2) is 64.4 Å². The Bertz CT molecular complexity index is 1130. The lowest BCUT2D eigenvalue weighted by molar-refractivity contribution is -0.288. The summed E-state index contributed by atoms with van der Waals surface area (Å²) in [4.78, 5) is 53.2. The van der Waals surface area contributed by atoms with Gasteiger partial charge in [0.2, 0.25) is 6.29 Å². The van der Waals surface area contributed by atoms with Crippen LogP contribution in [-0.2, 0) is 38.1 Å². The molecule has 9 nitrogen and oxygen atoms in total. The van der Waals surface area contributed by atoms with Crippen LogP contribution < -0.4 is 0 Å². The minimum atomic E-state index is -2.02. The highest BCUT2D eigenvalue weighted by molar-refractivity contribution is 6.05. The molecule has 1 spiro atoms. The summed E-state index contributed by atoms with van der Waals surface area (Å²) in [5, 5.41) is 12.0. The Labute approximate surface area is 190 Å². The smallest absolute Gasteiger partial charge is 0.332 e. The van der Waals surface area contributed by atoms with E-state index >= 15 is 0 Å². The van der Waals surface area contributed by atoms with Gasteiger partial charge in [-0.3, -0.25) is 14.4 Å². The van der Waals surface area contributed by atoms with Gasteiger partial charge in [-0.1, -0.05) is 6.92 Å². The van der Waals surface area contributed by atoms with Gasteiger partial charge in [0, 0.05) is 28.6 Å². The number of allylic oxidation sites excluding steroid dienone is 1. The number of carbonyl (C=O) groups excluding carboxylic acids is 4. The van der Waals surface area contributed by atoms with Crippen LogP contribution >= 0.6 is 0 Å². The number of ether oxygens (including phenoxy) is 4. The molecule has 4 fully saturated rings. The normalized spacial score (nSPS) is 51.5. The minimum Gasteiger partial charge on any atom is -0.452 e. The molecule has 0 unspecified atom stereocenters. The van der Waals surface area contributed by atoms with Crippen molar-refractivity contribution in [1.29, 1.82) is 0 Å². The number of ketones is 2. The molecule has 1 saturated carbocycles. The largest absolute Gasteiger partial charge is 0.452 e. The summed E-state index contributed by atoms with van der Waals surface area (Å²) < 4.78 is 22.6. The van der Waals surface area contributed by atoms with Gasteiger partial charge < -0.3 is 24.1 Å². The third-order valence-corrected chi connectivity index (χ3v) is 9.13. The van der Waals surface area contributed by atoms with Gasteiger partial charge in [0.15, 0.2) is 17.2 Å². The molecule has 6 rings (SSSR count). The van der Waals surface area contributed by atoms with Gasteiger partial charge in [0.25, 0.3) is 0 Å². The number of aliphatic hydroxyl groups is 1. The maximum Gasteiger partial charge on any atom is 0.332 e. The second-order valence-electron chi connectivity index (χ2n) is 11.1. The summed E-state index contributed by atoms with van der Waals surface area (Å²) in [6.45, 7) is 8.35. The fourth-order valence-electron chi connectivity index (χ4n) is 7.18. The van der Waals surface area contributed by atoms with Crippen molar-refractivity contribution in [2.45, 2.75) is 70.2 Å². The van der Waals surface area contributed by atoms with Crippen LogP contribution in [0.2, 0.25) is 0 Å². The second kappa shape index (κ2) is 5.64. The summed E-state index contributed by atoms with van der Waals surface area (Å²) in [5.41, 5.74) is -6.06. The number of fused-ring (bicyclic) bond motifs is 5. The summed E-state index contributed by atoms with van der Waals surface area (Å²) in [6.07, 6.45) is 0.461. The molecule has 4 heterocycles. The standard InChI is InChI=1S/C24H26O9/c1-10-16(27)17-22(5)13(8-21(4)18(28)32-19(31-10)24(17,21)29)23(9-30-23)12-7-15(26)33-20(2,3)11(12)6-14(22)25/h6-7,10,13,17,19,29H,8-9H2,1-5H3/t10-,13-,17+,19-,21+,22-,23+,24+/m0/s1. The van der Waals surface area contributed by atoms with Crippen molar-refractivity contribution in [3.8, 4) is 0 Å². The Morgan fingerprint density at radius 3 is 2.33 bits per heavy atom. The first-order chi connectivity index (χ1) is 15.2. The number of esters is 2.